The SMILES string of the molecule is Cc1nn(C)c(NCC2CCCCC2CO)c1[N+](=O)[O-]. The first-order chi connectivity index (χ1) is 9.54. The fraction of sp³-hybridized carbons (Fsp3) is 0.769. The minimum atomic E-state index is -0.394. The average molecular weight is 282 g/mol. The summed E-state index contributed by atoms with van der Waals surface area (Å²) in [4.78, 5) is 10.7. The molecule has 20 heavy (non-hydrogen) atoms. The lowest BCUT2D eigenvalue weighted by Gasteiger charge is -2.30. The molecular weight excluding hydrogens is 260 g/mol. The maximum atomic E-state index is 11.1. The van der Waals surface area contributed by atoms with Gasteiger partial charge in [0.2, 0.25) is 5.82 Å². The molecule has 2 N–H and O–H groups in total. The molecule has 112 valence electrons. The number of aromatic nitrogens is 2. The topological polar surface area (TPSA) is 93.2 Å². The number of aliphatic hydroxyl groups excluding tert-OH is 1. The number of nitrogens with one attached hydrogen (secondary N) is 1. The maximum absolute atomic E-state index is 11.1. The van der Waals surface area contributed by atoms with E-state index in [1.54, 1.807) is 14.0 Å². The van der Waals surface area contributed by atoms with Crippen LogP contribution in [-0.2, 0) is 7.05 Å². The van der Waals surface area contributed by atoms with Crippen molar-refractivity contribution in [2.45, 2.75) is 32.6 Å². The molecule has 1 aliphatic rings. The molecule has 2 unspecified atom stereocenters. The molecule has 1 heterocycles. The minimum absolute atomic E-state index is 0.0452. The number of nitrogens with zero attached hydrogens (tertiary/aromatic N) is 3. The molecule has 1 fully saturated rings. The average Bonchev–Trinajstić information content (AvgIpc) is 2.71. The Balaban J connectivity index is 2.08. The zero-order valence-corrected chi connectivity index (χ0v) is 12.0. The first kappa shape index (κ1) is 14.8. The van der Waals surface area contributed by atoms with Crippen LogP contribution in [0.4, 0.5) is 11.5 Å². The molecule has 1 aliphatic carbocycles. The summed E-state index contributed by atoms with van der Waals surface area (Å²) >= 11 is 0. The highest BCUT2D eigenvalue weighted by atomic mass is 16.6. The molecule has 0 radical (unpaired) electrons. The van der Waals surface area contributed by atoms with Crippen molar-refractivity contribution in [3.8, 4) is 0 Å². The van der Waals surface area contributed by atoms with Crippen molar-refractivity contribution < 1.29 is 10.0 Å². The Kier molecular flexibility index (Phi) is 4.59. The summed E-state index contributed by atoms with van der Waals surface area (Å²) in [6.07, 6.45) is 4.42. The second-order valence-electron chi connectivity index (χ2n) is 5.53. The van der Waals surface area contributed by atoms with Crippen molar-refractivity contribution in [3.63, 3.8) is 0 Å². The van der Waals surface area contributed by atoms with Crippen LogP contribution in [0.1, 0.15) is 31.4 Å². The van der Waals surface area contributed by atoms with Gasteiger partial charge in [-0.25, -0.2) is 4.68 Å². The highest BCUT2D eigenvalue weighted by Crippen LogP contribution is 2.32. The van der Waals surface area contributed by atoms with Crippen LogP contribution in [0.5, 0.6) is 0 Å². The molecule has 0 aromatic carbocycles. The van der Waals surface area contributed by atoms with E-state index in [0.717, 1.165) is 25.7 Å². The van der Waals surface area contributed by atoms with E-state index in [2.05, 4.69) is 10.4 Å². The summed E-state index contributed by atoms with van der Waals surface area (Å²) in [5.74, 6) is 1.11. The number of rotatable bonds is 5. The predicted octanol–water partition coefficient (Wildman–Crippen LogP) is 1.85. The van der Waals surface area contributed by atoms with Crippen molar-refractivity contribution in [1.82, 2.24) is 9.78 Å². The fourth-order valence-corrected chi connectivity index (χ4v) is 3.09. The van der Waals surface area contributed by atoms with Gasteiger partial charge in [0.15, 0.2) is 0 Å². The standard InChI is InChI=1S/C13H22N4O3/c1-9-12(17(19)20)13(16(2)15-9)14-7-10-5-3-4-6-11(10)8-18/h10-11,14,18H,3-8H2,1-2H3. The molecule has 1 saturated carbocycles. The van der Waals surface area contributed by atoms with E-state index >= 15 is 0 Å². The van der Waals surface area contributed by atoms with Gasteiger partial charge in [-0.3, -0.25) is 10.1 Å². The molecule has 0 bridgehead atoms. The zero-order chi connectivity index (χ0) is 14.7. The van der Waals surface area contributed by atoms with Crippen LogP contribution in [0.15, 0.2) is 0 Å². The van der Waals surface area contributed by atoms with Crippen molar-refractivity contribution in [2.24, 2.45) is 18.9 Å². The number of nitro groups is 1. The number of aliphatic hydroxyl groups is 1. The number of aryl methyl sites for hydroxylation is 2. The van der Waals surface area contributed by atoms with Crippen LogP contribution in [0.3, 0.4) is 0 Å². The largest absolute Gasteiger partial charge is 0.396 e. The van der Waals surface area contributed by atoms with Crippen molar-refractivity contribution >= 4 is 11.5 Å². The second-order valence-corrected chi connectivity index (χ2v) is 5.53. The third-order valence-electron chi connectivity index (χ3n) is 4.21. The van der Waals surface area contributed by atoms with Crippen molar-refractivity contribution in [3.05, 3.63) is 15.8 Å². The Morgan fingerprint density at radius 3 is 2.70 bits per heavy atom. The third kappa shape index (κ3) is 2.92. The number of hydrogen-bond donors (Lipinski definition) is 2. The summed E-state index contributed by atoms with van der Waals surface area (Å²) in [5, 5.41) is 27.8. The van der Waals surface area contributed by atoms with Gasteiger partial charge in [0.05, 0.1) is 4.92 Å². The van der Waals surface area contributed by atoms with Crippen LogP contribution < -0.4 is 5.32 Å². The first-order valence-electron chi connectivity index (χ1n) is 7.07. The highest BCUT2D eigenvalue weighted by molar-refractivity contribution is 5.59. The Labute approximate surface area is 118 Å². The zero-order valence-electron chi connectivity index (χ0n) is 12.0. The lowest BCUT2D eigenvalue weighted by Crippen LogP contribution is -2.29. The van der Waals surface area contributed by atoms with Gasteiger partial charge in [0.1, 0.15) is 5.69 Å². The summed E-state index contributed by atoms with van der Waals surface area (Å²) < 4.78 is 1.52. The lowest BCUT2D eigenvalue weighted by molar-refractivity contribution is -0.384. The predicted molar refractivity (Wildman–Crippen MR) is 75.6 cm³/mol. The molecule has 0 aliphatic heterocycles. The van der Waals surface area contributed by atoms with Gasteiger partial charge in [-0.2, -0.15) is 5.10 Å². The summed E-state index contributed by atoms with van der Waals surface area (Å²) in [6, 6.07) is 0. The van der Waals surface area contributed by atoms with E-state index < -0.39 is 4.92 Å². The molecule has 0 saturated heterocycles. The van der Waals surface area contributed by atoms with E-state index in [9.17, 15) is 15.2 Å². The van der Waals surface area contributed by atoms with Crippen molar-refractivity contribution in [1.29, 1.82) is 0 Å². The molecule has 2 rings (SSSR count). The van der Waals surface area contributed by atoms with E-state index in [1.807, 2.05) is 0 Å². The van der Waals surface area contributed by atoms with Crippen LogP contribution in [-0.4, -0.2) is 33.0 Å². The summed E-state index contributed by atoms with van der Waals surface area (Å²) in [6.45, 7) is 2.48. The third-order valence-corrected chi connectivity index (χ3v) is 4.21. The van der Waals surface area contributed by atoms with Gasteiger partial charge >= 0.3 is 5.69 Å². The summed E-state index contributed by atoms with van der Waals surface area (Å²) in [7, 11) is 1.70. The first-order valence-corrected chi connectivity index (χ1v) is 7.07. The Bertz CT molecular complexity index is 486. The van der Waals surface area contributed by atoms with E-state index in [-0.39, 0.29) is 12.3 Å². The molecule has 0 amide bonds. The highest BCUT2D eigenvalue weighted by Gasteiger charge is 2.27. The molecule has 7 nitrogen and oxygen atoms in total. The second kappa shape index (κ2) is 6.21. The molecule has 0 spiro atoms. The molecule has 1 aromatic heterocycles. The van der Waals surface area contributed by atoms with Crippen LogP contribution in [0.2, 0.25) is 0 Å². The maximum Gasteiger partial charge on any atom is 0.333 e. The van der Waals surface area contributed by atoms with Gasteiger partial charge in [-0.05, 0) is 31.6 Å². The quantitative estimate of drug-likeness (QED) is 0.635. The Morgan fingerprint density at radius 1 is 1.45 bits per heavy atom. The fourth-order valence-electron chi connectivity index (χ4n) is 3.09. The monoisotopic (exact) mass is 282 g/mol. The number of anilines is 1. The Hall–Kier alpha value is -1.63. The van der Waals surface area contributed by atoms with Gasteiger partial charge in [0, 0.05) is 20.2 Å². The lowest BCUT2D eigenvalue weighted by atomic mass is 9.79. The van der Waals surface area contributed by atoms with Gasteiger partial charge in [-0.1, -0.05) is 12.8 Å². The molecule has 1 aromatic rings. The molecule has 7 heteroatoms. The van der Waals surface area contributed by atoms with Crippen LogP contribution >= 0.6 is 0 Å². The van der Waals surface area contributed by atoms with Crippen LogP contribution in [0.25, 0.3) is 0 Å². The van der Waals surface area contributed by atoms with E-state index in [0.29, 0.717) is 29.9 Å². The summed E-state index contributed by atoms with van der Waals surface area (Å²) in [5.41, 5.74) is 0.464. The van der Waals surface area contributed by atoms with Crippen LogP contribution in [0, 0.1) is 28.9 Å². The minimum Gasteiger partial charge on any atom is -0.396 e. The van der Waals surface area contributed by atoms with Crippen molar-refractivity contribution in [2.75, 3.05) is 18.5 Å². The van der Waals surface area contributed by atoms with E-state index in [4.69, 9.17) is 0 Å². The molecule has 2 atom stereocenters. The normalized spacial score (nSPS) is 22.8. The smallest absolute Gasteiger partial charge is 0.333 e. The molecular formula is C13H22N4O3. The Morgan fingerprint density at radius 2 is 2.10 bits per heavy atom. The number of hydrogen-bond acceptors (Lipinski definition) is 5. The van der Waals surface area contributed by atoms with Gasteiger partial charge in [-0.15, -0.1) is 0 Å². The van der Waals surface area contributed by atoms with Gasteiger partial charge < -0.3 is 10.4 Å². The van der Waals surface area contributed by atoms with E-state index in [1.165, 1.54) is 4.68 Å². The van der Waals surface area contributed by atoms with Gasteiger partial charge in [0.25, 0.3) is 0 Å².